The molecule has 0 aromatic carbocycles. The number of hydrogen-bond acceptors (Lipinski definition) is 0. The molecule has 0 saturated carbocycles. The van der Waals surface area contributed by atoms with Crippen LogP contribution in [0, 0.1) is 11.8 Å². The van der Waals surface area contributed by atoms with Crippen LogP contribution in [0.5, 0.6) is 0 Å². The molecule has 0 aliphatic carbocycles. The van der Waals surface area contributed by atoms with E-state index in [1.165, 1.54) is 159 Å². The van der Waals surface area contributed by atoms with Gasteiger partial charge in [-0.15, -0.1) is 0 Å². The second-order valence-electron chi connectivity index (χ2n) is 11.5. The molecular weight excluding hydrogens is 398 g/mol. The van der Waals surface area contributed by atoms with E-state index in [-0.39, 0.29) is 0 Å². The van der Waals surface area contributed by atoms with Crippen LogP contribution in [0.1, 0.15) is 170 Å². The Balaban J connectivity index is 5.33. The van der Waals surface area contributed by atoms with Crippen LogP contribution >= 0.6 is 0 Å². The van der Waals surface area contributed by atoms with Crippen LogP contribution in [0.4, 0.5) is 0 Å². The first-order valence-corrected chi connectivity index (χ1v) is 16.0. The standard InChI is InChI=1S/C32H68N/c1-7-13-17-19-21-23-27-33(28-24-22-20-18-14-8-2,29-31(11-5)25-15-9-3)30-32(12-6)26-16-10-4/h31-32H,7-30H2,1-6H3/q+1. The Morgan fingerprint density at radius 2 is 0.727 bits per heavy atom. The summed E-state index contributed by atoms with van der Waals surface area (Å²) in [5.41, 5.74) is 0. The van der Waals surface area contributed by atoms with Crippen LogP contribution in [0.25, 0.3) is 0 Å². The maximum Gasteiger partial charge on any atom is 0.0815 e. The number of unbranched alkanes of at least 4 members (excludes halogenated alkanes) is 12. The minimum absolute atomic E-state index is 0.939. The molecule has 0 aromatic rings. The fourth-order valence-electron chi connectivity index (χ4n) is 5.94. The van der Waals surface area contributed by atoms with Gasteiger partial charge in [-0.05, 0) is 51.4 Å². The van der Waals surface area contributed by atoms with Crippen molar-refractivity contribution in [2.24, 2.45) is 11.8 Å². The molecule has 0 rings (SSSR count). The average Bonchev–Trinajstić information content (AvgIpc) is 2.83. The van der Waals surface area contributed by atoms with Crippen LogP contribution in [0.15, 0.2) is 0 Å². The Morgan fingerprint density at radius 1 is 0.394 bits per heavy atom. The van der Waals surface area contributed by atoms with Crippen molar-refractivity contribution >= 4 is 0 Å². The van der Waals surface area contributed by atoms with Crippen LogP contribution in [0.2, 0.25) is 0 Å². The molecule has 200 valence electrons. The summed E-state index contributed by atoms with van der Waals surface area (Å²) in [5, 5.41) is 0. The first kappa shape index (κ1) is 33.0. The van der Waals surface area contributed by atoms with E-state index in [0.717, 1.165) is 11.8 Å². The summed E-state index contributed by atoms with van der Waals surface area (Å²) >= 11 is 0. The second-order valence-corrected chi connectivity index (χ2v) is 11.5. The number of nitrogens with zero attached hydrogens (tertiary/aromatic N) is 1. The van der Waals surface area contributed by atoms with Crippen molar-refractivity contribution in [2.45, 2.75) is 170 Å². The summed E-state index contributed by atoms with van der Waals surface area (Å²) in [6, 6.07) is 0. The lowest BCUT2D eigenvalue weighted by Gasteiger charge is -2.44. The topological polar surface area (TPSA) is 0 Å². The van der Waals surface area contributed by atoms with E-state index in [1.54, 1.807) is 0 Å². The summed E-state index contributed by atoms with van der Waals surface area (Å²) in [4.78, 5) is 0. The van der Waals surface area contributed by atoms with Crippen molar-refractivity contribution in [2.75, 3.05) is 26.2 Å². The van der Waals surface area contributed by atoms with Crippen molar-refractivity contribution in [1.29, 1.82) is 0 Å². The molecule has 0 aliphatic heterocycles. The lowest BCUT2D eigenvalue weighted by molar-refractivity contribution is -0.935. The normalized spacial score (nSPS) is 14.0. The van der Waals surface area contributed by atoms with Crippen LogP contribution < -0.4 is 0 Å². The monoisotopic (exact) mass is 467 g/mol. The van der Waals surface area contributed by atoms with E-state index in [1.807, 2.05) is 0 Å². The minimum atomic E-state index is 0.939. The van der Waals surface area contributed by atoms with Crippen molar-refractivity contribution in [3.63, 3.8) is 0 Å². The molecule has 0 aromatic heterocycles. The molecule has 2 atom stereocenters. The van der Waals surface area contributed by atoms with Gasteiger partial charge in [-0.1, -0.05) is 119 Å². The summed E-state index contributed by atoms with van der Waals surface area (Å²) < 4.78 is 1.46. The molecule has 1 heteroatoms. The van der Waals surface area contributed by atoms with Crippen molar-refractivity contribution in [3.05, 3.63) is 0 Å². The predicted molar refractivity (Wildman–Crippen MR) is 153 cm³/mol. The van der Waals surface area contributed by atoms with Crippen LogP contribution in [-0.2, 0) is 0 Å². The van der Waals surface area contributed by atoms with Crippen molar-refractivity contribution in [3.8, 4) is 0 Å². The molecule has 2 unspecified atom stereocenters. The molecule has 0 spiro atoms. The zero-order chi connectivity index (χ0) is 24.6. The average molecular weight is 467 g/mol. The van der Waals surface area contributed by atoms with Gasteiger partial charge in [-0.2, -0.15) is 0 Å². The lowest BCUT2D eigenvalue weighted by Crippen LogP contribution is -2.54. The summed E-state index contributed by atoms with van der Waals surface area (Å²) in [7, 11) is 0. The fraction of sp³-hybridized carbons (Fsp3) is 1.00. The Labute approximate surface area is 212 Å². The third-order valence-electron chi connectivity index (χ3n) is 8.35. The predicted octanol–water partition coefficient (Wildman–Crippen LogP) is 11.0. The maximum atomic E-state index is 2.47. The van der Waals surface area contributed by atoms with Gasteiger partial charge in [-0.25, -0.2) is 0 Å². The van der Waals surface area contributed by atoms with Gasteiger partial charge in [0.25, 0.3) is 0 Å². The fourth-order valence-corrected chi connectivity index (χ4v) is 5.94. The number of rotatable bonds is 26. The highest BCUT2D eigenvalue weighted by atomic mass is 15.4. The Hall–Kier alpha value is -0.0400. The van der Waals surface area contributed by atoms with Crippen LogP contribution in [-0.4, -0.2) is 30.7 Å². The maximum absolute atomic E-state index is 2.47. The first-order valence-electron chi connectivity index (χ1n) is 16.0. The van der Waals surface area contributed by atoms with E-state index in [0.29, 0.717) is 0 Å². The largest absolute Gasteiger partial charge is 0.323 e. The third kappa shape index (κ3) is 18.0. The van der Waals surface area contributed by atoms with Gasteiger partial charge in [-0.3, -0.25) is 0 Å². The SMILES string of the molecule is CCCCCCCC[N+](CCCCCCCC)(CC(CC)CCCC)CC(CC)CCCC. The zero-order valence-corrected chi connectivity index (χ0v) is 24.6. The Bertz CT molecular complexity index is 341. The van der Waals surface area contributed by atoms with Gasteiger partial charge in [0.15, 0.2) is 0 Å². The number of quaternary nitrogens is 1. The van der Waals surface area contributed by atoms with Gasteiger partial charge < -0.3 is 4.48 Å². The summed E-state index contributed by atoms with van der Waals surface area (Å²) in [5.74, 6) is 1.88. The Kier molecular flexibility index (Phi) is 23.7. The smallest absolute Gasteiger partial charge is 0.0815 e. The van der Waals surface area contributed by atoms with Gasteiger partial charge in [0.05, 0.1) is 26.2 Å². The molecule has 1 nitrogen and oxygen atoms in total. The quantitative estimate of drug-likeness (QED) is 0.0878. The molecule has 0 saturated heterocycles. The van der Waals surface area contributed by atoms with Gasteiger partial charge >= 0.3 is 0 Å². The van der Waals surface area contributed by atoms with E-state index in [4.69, 9.17) is 0 Å². The Morgan fingerprint density at radius 3 is 1.06 bits per heavy atom. The van der Waals surface area contributed by atoms with Crippen molar-refractivity contribution in [1.82, 2.24) is 0 Å². The van der Waals surface area contributed by atoms with E-state index in [2.05, 4.69) is 41.5 Å². The molecule has 0 amide bonds. The molecule has 0 aliphatic rings. The molecule has 0 radical (unpaired) electrons. The minimum Gasteiger partial charge on any atom is -0.323 e. The molecule has 0 fully saturated rings. The lowest BCUT2D eigenvalue weighted by atomic mass is 9.92. The summed E-state index contributed by atoms with van der Waals surface area (Å²) in [6.45, 7) is 20.2. The second kappa shape index (κ2) is 23.7. The molecular formula is C32H68N+. The number of hydrogen-bond donors (Lipinski definition) is 0. The van der Waals surface area contributed by atoms with Crippen molar-refractivity contribution < 1.29 is 4.48 Å². The third-order valence-corrected chi connectivity index (χ3v) is 8.35. The summed E-state index contributed by atoms with van der Waals surface area (Å²) in [6.07, 6.45) is 28.6. The molecule has 0 bridgehead atoms. The van der Waals surface area contributed by atoms with E-state index in [9.17, 15) is 0 Å². The highest BCUT2D eigenvalue weighted by Gasteiger charge is 2.32. The van der Waals surface area contributed by atoms with Gasteiger partial charge in [0, 0.05) is 11.8 Å². The van der Waals surface area contributed by atoms with Crippen LogP contribution in [0.3, 0.4) is 0 Å². The van der Waals surface area contributed by atoms with E-state index < -0.39 is 0 Å². The highest BCUT2D eigenvalue weighted by Crippen LogP contribution is 2.27. The zero-order valence-electron chi connectivity index (χ0n) is 24.6. The molecule has 33 heavy (non-hydrogen) atoms. The first-order chi connectivity index (χ1) is 16.1. The van der Waals surface area contributed by atoms with E-state index >= 15 is 0 Å². The molecule has 0 heterocycles. The highest BCUT2D eigenvalue weighted by molar-refractivity contribution is 4.64. The van der Waals surface area contributed by atoms with Gasteiger partial charge in [0.2, 0.25) is 0 Å². The molecule has 0 N–H and O–H groups in total. The van der Waals surface area contributed by atoms with Gasteiger partial charge in [0.1, 0.15) is 0 Å².